The zero-order chi connectivity index (χ0) is 22.5. The SMILES string of the molecule is CCCCn1c(SC(C(=O)NC2CC2)c2ccc(F)cc2)nnc1-c1ccc(OC)cc1. The molecule has 8 heteroatoms. The maximum Gasteiger partial charge on any atom is 0.238 e. The third-order valence-corrected chi connectivity index (χ3v) is 6.59. The average Bonchev–Trinajstić information content (AvgIpc) is 3.54. The molecule has 32 heavy (non-hydrogen) atoms. The summed E-state index contributed by atoms with van der Waals surface area (Å²) in [7, 11) is 1.63. The predicted octanol–water partition coefficient (Wildman–Crippen LogP) is 5.00. The van der Waals surface area contributed by atoms with E-state index in [9.17, 15) is 9.18 Å². The van der Waals surface area contributed by atoms with E-state index in [1.807, 2.05) is 24.3 Å². The Balaban J connectivity index is 1.66. The second-order valence-electron chi connectivity index (χ2n) is 7.87. The van der Waals surface area contributed by atoms with Crippen molar-refractivity contribution in [1.29, 1.82) is 0 Å². The van der Waals surface area contributed by atoms with Crippen LogP contribution in [-0.2, 0) is 11.3 Å². The zero-order valence-corrected chi connectivity index (χ0v) is 19.1. The summed E-state index contributed by atoms with van der Waals surface area (Å²) in [6, 6.07) is 14.0. The van der Waals surface area contributed by atoms with Gasteiger partial charge in [-0.1, -0.05) is 37.2 Å². The molecule has 1 unspecified atom stereocenters. The fourth-order valence-corrected chi connectivity index (χ4v) is 4.44. The first-order chi connectivity index (χ1) is 15.6. The number of carbonyl (C=O) groups is 1. The Kier molecular flexibility index (Phi) is 7.09. The molecule has 1 heterocycles. The standard InChI is InChI=1S/C24H27FN4O2S/c1-3-4-15-29-22(17-7-13-20(31-2)14-8-17)27-28-24(29)32-21(23(30)26-19-11-12-19)16-5-9-18(25)10-6-16/h5-10,13-14,19,21H,3-4,11-12,15H2,1-2H3,(H,26,30). The first kappa shape index (κ1) is 22.3. The van der Waals surface area contributed by atoms with Gasteiger partial charge in [-0.3, -0.25) is 4.79 Å². The number of rotatable bonds is 10. The molecule has 1 aromatic heterocycles. The van der Waals surface area contributed by atoms with Crippen molar-refractivity contribution in [2.24, 2.45) is 0 Å². The molecule has 1 amide bonds. The summed E-state index contributed by atoms with van der Waals surface area (Å²) in [4.78, 5) is 13.1. The number of thioether (sulfide) groups is 1. The molecular weight excluding hydrogens is 427 g/mol. The number of hydrogen-bond acceptors (Lipinski definition) is 5. The number of hydrogen-bond donors (Lipinski definition) is 1. The van der Waals surface area contributed by atoms with E-state index in [0.29, 0.717) is 5.16 Å². The Labute approximate surface area is 191 Å². The van der Waals surface area contributed by atoms with E-state index in [1.54, 1.807) is 19.2 Å². The van der Waals surface area contributed by atoms with E-state index in [0.717, 1.165) is 54.9 Å². The minimum absolute atomic E-state index is 0.0832. The molecule has 1 atom stereocenters. The van der Waals surface area contributed by atoms with Crippen LogP contribution in [0, 0.1) is 5.82 Å². The van der Waals surface area contributed by atoms with Crippen LogP contribution in [0.2, 0.25) is 0 Å². The largest absolute Gasteiger partial charge is 0.497 e. The molecule has 0 saturated heterocycles. The Morgan fingerprint density at radius 1 is 1.19 bits per heavy atom. The number of nitrogens with one attached hydrogen (secondary N) is 1. The van der Waals surface area contributed by atoms with Crippen LogP contribution in [0.1, 0.15) is 43.4 Å². The van der Waals surface area contributed by atoms with E-state index in [-0.39, 0.29) is 17.8 Å². The molecule has 2 aromatic carbocycles. The van der Waals surface area contributed by atoms with E-state index in [2.05, 4.69) is 27.0 Å². The molecular formula is C24H27FN4O2S. The molecule has 0 aliphatic heterocycles. The van der Waals surface area contributed by atoms with E-state index in [1.165, 1.54) is 23.9 Å². The monoisotopic (exact) mass is 454 g/mol. The number of methoxy groups -OCH3 is 1. The van der Waals surface area contributed by atoms with Crippen LogP contribution in [0.4, 0.5) is 4.39 Å². The molecule has 168 valence electrons. The second-order valence-corrected chi connectivity index (χ2v) is 8.94. The Hall–Kier alpha value is -2.87. The van der Waals surface area contributed by atoms with Crippen molar-refractivity contribution in [3.8, 4) is 17.1 Å². The van der Waals surface area contributed by atoms with Crippen molar-refractivity contribution in [2.75, 3.05) is 7.11 Å². The van der Waals surface area contributed by atoms with E-state index in [4.69, 9.17) is 4.74 Å². The summed E-state index contributed by atoms with van der Waals surface area (Å²) in [6.07, 6.45) is 3.99. The number of benzene rings is 2. The Morgan fingerprint density at radius 3 is 2.53 bits per heavy atom. The smallest absolute Gasteiger partial charge is 0.238 e. The van der Waals surface area contributed by atoms with Crippen LogP contribution in [0.15, 0.2) is 53.7 Å². The van der Waals surface area contributed by atoms with Crippen molar-refractivity contribution in [1.82, 2.24) is 20.1 Å². The van der Waals surface area contributed by atoms with Crippen LogP contribution in [0.3, 0.4) is 0 Å². The summed E-state index contributed by atoms with van der Waals surface area (Å²) in [5.41, 5.74) is 1.67. The first-order valence-electron chi connectivity index (χ1n) is 10.9. The summed E-state index contributed by atoms with van der Waals surface area (Å²) in [5, 5.41) is 12.1. The molecule has 1 saturated carbocycles. The molecule has 6 nitrogen and oxygen atoms in total. The molecule has 1 aliphatic carbocycles. The van der Waals surface area contributed by atoms with Gasteiger partial charge < -0.3 is 14.6 Å². The van der Waals surface area contributed by atoms with Crippen molar-refractivity contribution >= 4 is 17.7 Å². The van der Waals surface area contributed by atoms with Gasteiger partial charge in [0.25, 0.3) is 0 Å². The van der Waals surface area contributed by atoms with Crippen LogP contribution < -0.4 is 10.1 Å². The van der Waals surface area contributed by atoms with Crippen LogP contribution in [-0.4, -0.2) is 33.8 Å². The third kappa shape index (κ3) is 5.30. The van der Waals surface area contributed by atoms with Gasteiger partial charge in [0.2, 0.25) is 5.91 Å². The highest BCUT2D eigenvalue weighted by Crippen LogP contribution is 2.37. The van der Waals surface area contributed by atoms with E-state index >= 15 is 0 Å². The highest BCUT2D eigenvalue weighted by atomic mass is 32.2. The minimum atomic E-state index is -0.538. The highest BCUT2D eigenvalue weighted by Gasteiger charge is 2.31. The Bertz CT molecular complexity index is 1050. The molecule has 3 aromatic rings. The number of unbranched alkanes of at least 4 members (excludes halogenated alkanes) is 1. The molecule has 0 radical (unpaired) electrons. The van der Waals surface area contributed by atoms with Crippen LogP contribution in [0.5, 0.6) is 5.75 Å². The van der Waals surface area contributed by atoms with E-state index < -0.39 is 5.25 Å². The normalized spacial score (nSPS) is 14.2. The van der Waals surface area contributed by atoms with Gasteiger partial charge in [0, 0.05) is 18.2 Å². The average molecular weight is 455 g/mol. The summed E-state index contributed by atoms with van der Waals surface area (Å²) >= 11 is 1.36. The van der Waals surface area contributed by atoms with Crippen molar-refractivity contribution < 1.29 is 13.9 Å². The summed E-state index contributed by atoms with van der Waals surface area (Å²) in [6.45, 7) is 2.88. The lowest BCUT2D eigenvalue weighted by Gasteiger charge is -2.17. The van der Waals surface area contributed by atoms with Gasteiger partial charge in [-0.2, -0.15) is 0 Å². The summed E-state index contributed by atoms with van der Waals surface area (Å²) < 4.78 is 20.8. The first-order valence-corrected chi connectivity index (χ1v) is 11.8. The van der Waals surface area contributed by atoms with Gasteiger partial charge in [0.15, 0.2) is 11.0 Å². The molecule has 1 N–H and O–H groups in total. The minimum Gasteiger partial charge on any atom is -0.497 e. The van der Waals surface area contributed by atoms with Crippen molar-refractivity contribution in [3.63, 3.8) is 0 Å². The van der Waals surface area contributed by atoms with Crippen LogP contribution in [0.25, 0.3) is 11.4 Å². The predicted molar refractivity (Wildman–Crippen MR) is 123 cm³/mol. The fraction of sp³-hybridized carbons (Fsp3) is 0.375. The molecule has 0 spiro atoms. The third-order valence-electron chi connectivity index (χ3n) is 5.36. The fourth-order valence-electron chi connectivity index (χ4n) is 3.37. The Morgan fingerprint density at radius 2 is 1.91 bits per heavy atom. The quantitative estimate of drug-likeness (QED) is 0.437. The van der Waals surface area contributed by atoms with Gasteiger partial charge in [-0.05, 0) is 61.2 Å². The van der Waals surface area contributed by atoms with Gasteiger partial charge in [0.05, 0.1) is 7.11 Å². The molecule has 4 rings (SSSR count). The lowest BCUT2D eigenvalue weighted by atomic mass is 10.1. The zero-order valence-electron chi connectivity index (χ0n) is 18.3. The molecule has 1 aliphatic rings. The lowest BCUT2D eigenvalue weighted by molar-refractivity contribution is -0.120. The maximum atomic E-state index is 13.5. The molecule has 1 fully saturated rings. The van der Waals surface area contributed by atoms with Crippen molar-refractivity contribution in [2.45, 2.75) is 55.6 Å². The van der Waals surface area contributed by atoms with Crippen molar-refractivity contribution in [3.05, 3.63) is 59.9 Å². The topological polar surface area (TPSA) is 69.0 Å². The second kappa shape index (κ2) is 10.2. The van der Waals surface area contributed by atoms with Gasteiger partial charge in [0.1, 0.15) is 16.8 Å². The lowest BCUT2D eigenvalue weighted by Crippen LogP contribution is -2.30. The number of carbonyl (C=O) groups excluding carboxylic acids is 1. The van der Waals surface area contributed by atoms with Crippen LogP contribution >= 0.6 is 11.8 Å². The summed E-state index contributed by atoms with van der Waals surface area (Å²) in [5.74, 6) is 1.12. The van der Waals surface area contributed by atoms with Gasteiger partial charge in [-0.25, -0.2) is 4.39 Å². The van der Waals surface area contributed by atoms with Gasteiger partial charge >= 0.3 is 0 Å². The number of nitrogens with zero attached hydrogens (tertiary/aromatic N) is 3. The number of ether oxygens (including phenoxy) is 1. The number of amides is 1. The maximum absolute atomic E-state index is 13.5. The number of halogens is 1. The van der Waals surface area contributed by atoms with Gasteiger partial charge in [-0.15, -0.1) is 10.2 Å². The molecule has 0 bridgehead atoms. The number of aromatic nitrogens is 3. The highest BCUT2D eigenvalue weighted by molar-refractivity contribution is 8.00.